The van der Waals surface area contributed by atoms with Crippen molar-refractivity contribution in [3.8, 4) is 0 Å². The van der Waals surface area contributed by atoms with Crippen LogP contribution in [0.4, 0.5) is 10.3 Å². The summed E-state index contributed by atoms with van der Waals surface area (Å²) in [6.45, 7) is 3.06. The zero-order valence-corrected chi connectivity index (χ0v) is 12.8. The number of anilines is 1. The molecule has 0 N–H and O–H groups in total. The summed E-state index contributed by atoms with van der Waals surface area (Å²) in [6, 6.07) is 0.131. The fourth-order valence-electron chi connectivity index (χ4n) is 2.90. The Balaban J connectivity index is 1.69. The molecule has 1 aromatic rings. The van der Waals surface area contributed by atoms with Gasteiger partial charge in [-0.3, -0.25) is 9.69 Å². The number of carbonyl (C=O) groups is 1. The van der Waals surface area contributed by atoms with Gasteiger partial charge < -0.3 is 14.5 Å². The highest BCUT2D eigenvalue weighted by molar-refractivity contribution is 5.77. The van der Waals surface area contributed by atoms with E-state index in [2.05, 4.69) is 14.9 Å². The van der Waals surface area contributed by atoms with Crippen LogP contribution in [0.3, 0.4) is 0 Å². The van der Waals surface area contributed by atoms with Crippen LogP contribution in [0.1, 0.15) is 0 Å². The number of aromatic nitrogens is 2. The van der Waals surface area contributed by atoms with Crippen molar-refractivity contribution in [2.45, 2.75) is 12.1 Å². The summed E-state index contributed by atoms with van der Waals surface area (Å²) in [4.78, 5) is 25.7. The van der Waals surface area contributed by atoms with Crippen molar-refractivity contribution in [2.24, 2.45) is 0 Å². The van der Waals surface area contributed by atoms with E-state index in [0.717, 1.165) is 6.54 Å². The minimum atomic E-state index is -0.449. The first kappa shape index (κ1) is 15.1. The lowest BCUT2D eigenvalue weighted by molar-refractivity contribution is -0.133. The number of hydrogen-bond acceptors (Lipinski definition) is 6. The second-order valence-corrected chi connectivity index (χ2v) is 5.84. The number of rotatable bonds is 3. The summed E-state index contributed by atoms with van der Waals surface area (Å²) < 4.78 is 18.7. The van der Waals surface area contributed by atoms with Crippen LogP contribution in [0.2, 0.25) is 0 Å². The second-order valence-electron chi connectivity index (χ2n) is 5.84. The van der Waals surface area contributed by atoms with Gasteiger partial charge in [-0.2, -0.15) is 0 Å². The van der Waals surface area contributed by atoms with Crippen molar-refractivity contribution in [1.29, 1.82) is 0 Å². The second kappa shape index (κ2) is 6.13. The van der Waals surface area contributed by atoms with Gasteiger partial charge in [-0.15, -0.1) is 0 Å². The molecule has 7 nitrogen and oxygen atoms in total. The molecular formula is C14H20FN5O2. The Morgan fingerprint density at radius 1 is 1.41 bits per heavy atom. The highest BCUT2D eigenvalue weighted by atomic mass is 19.1. The van der Waals surface area contributed by atoms with Crippen molar-refractivity contribution in [3.63, 3.8) is 0 Å². The number of halogens is 1. The smallest absolute Gasteiger partial charge is 0.236 e. The third-order valence-electron chi connectivity index (χ3n) is 4.14. The Labute approximate surface area is 128 Å². The summed E-state index contributed by atoms with van der Waals surface area (Å²) >= 11 is 0. The Morgan fingerprint density at radius 2 is 2.14 bits per heavy atom. The summed E-state index contributed by atoms with van der Waals surface area (Å²) in [7, 11) is 3.52. The third-order valence-corrected chi connectivity index (χ3v) is 4.14. The molecule has 0 aromatic carbocycles. The van der Waals surface area contributed by atoms with Gasteiger partial charge in [0, 0.05) is 33.7 Å². The molecule has 2 saturated heterocycles. The van der Waals surface area contributed by atoms with Gasteiger partial charge >= 0.3 is 0 Å². The molecule has 2 atom stereocenters. The molecule has 3 heterocycles. The maximum absolute atomic E-state index is 12.9. The quantitative estimate of drug-likeness (QED) is 0.757. The number of carbonyl (C=O) groups excluding carboxylic acids is 1. The van der Waals surface area contributed by atoms with Gasteiger partial charge in [0.25, 0.3) is 0 Å². The molecule has 120 valence electrons. The third kappa shape index (κ3) is 3.02. The molecule has 0 radical (unpaired) electrons. The molecule has 8 heteroatoms. The van der Waals surface area contributed by atoms with Gasteiger partial charge in [-0.05, 0) is 0 Å². The largest absolute Gasteiger partial charge is 0.373 e. The fourth-order valence-corrected chi connectivity index (χ4v) is 2.90. The predicted octanol–water partition coefficient (Wildman–Crippen LogP) is -0.407. The first-order valence-electron chi connectivity index (χ1n) is 7.33. The first-order valence-corrected chi connectivity index (χ1v) is 7.33. The van der Waals surface area contributed by atoms with Crippen molar-refractivity contribution < 1.29 is 13.9 Å². The van der Waals surface area contributed by atoms with Crippen LogP contribution in [-0.4, -0.2) is 84.7 Å². The SMILES string of the molecule is CN(C)C(=O)CN1CCO[C@H]2CN(c3ncc(F)cn3)C[C@H]21. The van der Waals surface area contributed by atoms with Crippen molar-refractivity contribution >= 4 is 11.9 Å². The van der Waals surface area contributed by atoms with E-state index >= 15 is 0 Å². The van der Waals surface area contributed by atoms with Gasteiger partial charge in [-0.1, -0.05) is 0 Å². The molecule has 0 saturated carbocycles. The minimum absolute atomic E-state index is 0.0253. The highest BCUT2D eigenvalue weighted by Gasteiger charge is 2.41. The molecule has 1 amide bonds. The molecule has 1 aromatic heterocycles. The predicted molar refractivity (Wildman–Crippen MR) is 78.0 cm³/mol. The van der Waals surface area contributed by atoms with Crippen LogP contribution in [0.5, 0.6) is 0 Å². The molecule has 0 aliphatic carbocycles. The molecular weight excluding hydrogens is 289 g/mol. The molecule has 2 aliphatic heterocycles. The Hall–Kier alpha value is -1.80. The summed E-state index contributed by atoms with van der Waals surface area (Å²) in [5, 5.41) is 0. The maximum atomic E-state index is 12.9. The Morgan fingerprint density at radius 3 is 2.82 bits per heavy atom. The van der Waals surface area contributed by atoms with E-state index in [1.807, 2.05) is 4.90 Å². The van der Waals surface area contributed by atoms with Crippen molar-refractivity contribution in [3.05, 3.63) is 18.2 Å². The van der Waals surface area contributed by atoms with Crippen LogP contribution in [-0.2, 0) is 9.53 Å². The Bertz CT molecular complexity index is 539. The van der Waals surface area contributed by atoms with E-state index in [9.17, 15) is 9.18 Å². The van der Waals surface area contributed by atoms with E-state index in [1.54, 1.807) is 19.0 Å². The average molecular weight is 309 g/mol. The molecule has 3 rings (SSSR count). The average Bonchev–Trinajstić information content (AvgIpc) is 2.93. The molecule has 0 spiro atoms. The van der Waals surface area contributed by atoms with E-state index in [1.165, 1.54) is 12.4 Å². The normalized spacial score (nSPS) is 25.1. The van der Waals surface area contributed by atoms with E-state index in [0.29, 0.717) is 32.2 Å². The zero-order valence-electron chi connectivity index (χ0n) is 12.8. The van der Waals surface area contributed by atoms with E-state index < -0.39 is 5.82 Å². The zero-order chi connectivity index (χ0) is 15.7. The summed E-state index contributed by atoms with van der Waals surface area (Å²) in [5.74, 6) is 0.130. The number of ether oxygens (including phenoxy) is 1. The van der Waals surface area contributed by atoms with Crippen LogP contribution in [0, 0.1) is 5.82 Å². The van der Waals surface area contributed by atoms with Crippen LogP contribution >= 0.6 is 0 Å². The first-order chi connectivity index (χ1) is 10.5. The summed E-state index contributed by atoms with van der Waals surface area (Å²) in [6.07, 6.45) is 2.36. The van der Waals surface area contributed by atoms with Gasteiger partial charge in [-0.25, -0.2) is 14.4 Å². The Kier molecular flexibility index (Phi) is 4.21. The summed E-state index contributed by atoms with van der Waals surface area (Å²) in [5.41, 5.74) is 0. The van der Waals surface area contributed by atoms with E-state index in [4.69, 9.17) is 4.74 Å². The van der Waals surface area contributed by atoms with Crippen molar-refractivity contribution in [1.82, 2.24) is 19.8 Å². The number of morpholine rings is 1. The van der Waals surface area contributed by atoms with Crippen molar-refractivity contribution in [2.75, 3.05) is 51.8 Å². The lowest BCUT2D eigenvalue weighted by Crippen LogP contribution is -2.53. The van der Waals surface area contributed by atoms with Gasteiger partial charge in [0.1, 0.15) is 0 Å². The molecule has 0 bridgehead atoms. The van der Waals surface area contributed by atoms with Crippen LogP contribution in [0.25, 0.3) is 0 Å². The topological polar surface area (TPSA) is 61.8 Å². The monoisotopic (exact) mass is 309 g/mol. The number of hydrogen-bond donors (Lipinski definition) is 0. The molecule has 2 fully saturated rings. The van der Waals surface area contributed by atoms with E-state index in [-0.39, 0.29) is 18.1 Å². The number of nitrogens with zero attached hydrogens (tertiary/aromatic N) is 5. The number of fused-ring (bicyclic) bond motifs is 1. The molecule has 22 heavy (non-hydrogen) atoms. The van der Waals surface area contributed by atoms with Gasteiger partial charge in [0.15, 0.2) is 5.82 Å². The lowest BCUT2D eigenvalue weighted by atomic mass is 10.1. The number of likely N-dealkylation sites (N-methyl/N-ethyl adjacent to an activating group) is 1. The van der Waals surface area contributed by atoms with Gasteiger partial charge in [0.05, 0.1) is 37.7 Å². The highest BCUT2D eigenvalue weighted by Crippen LogP contribution is 2.25. The molecule has 0 unspecified atom stereocenters. The maximum Gasteiger partial charge on any atom is 0.236 e. The molecule has 2 aliphatic rings. The lowest BCUT2D eigenvalue weighted by Gasteiger charge is -2.36. The standard InChI is InChI=1S/C14H20FN5O2/c1-18(2)13(21)9-19-3-4-22-12-8-20(7-11(12)19)14-16-5-10(15)6-17-14/h5-6,11-12H,3-4,7-9H2,1-2H3/t11-,12+/m1/s1. The minimum Gasteiger partial charge on any atom is -0.373 e. The van der Waals surface area contributed by atoms with Crippen LogP contribution in [0.15, 0.2) is 12.4 Å². The number of amides is 1. The fraction of sp³-hybridized carbons (Fsp3) is 0.643. The van der Waals surface area contributed by atoms with Crippen LogP contribution < -0.4 is 4.90 Å². The van der Waals surface area contributed by atoms with Gasteiger partial charge in [0.2, 0.25) is 11.9 Å².